The van der Waals surface area contributed by atoms with Gasteiger partial charge in [0.1, 0.15) is 0 Å². The summed E-state index contributed by atoms with van der Waals surface area (Å²) in [4.78, 5) is 0. The molecule has 0 saturated heterocycles. The van der Waals surface area contributed by atoms with Crippen LogP contribution in [0.2, 0.25) is 0 Å². The molecule has 2 rings (SSSR count). The van der Waals surface area contributed by atoms with E-state index in [9.17, 15) is 0 Å². The van der Waals surface area contributed by atoms with Gasteiger partial charge in [0, 0.05) is 0 Å². The molecule has 1 radical (unpaired) electrons. The third kappa shape index (κ3) is 2.22. The van der Waals surface area contributed by atoms with Crippen molar-refractivity contribution < 1.29 is 0 Å². The van der Waals surface area contributed by atoms with Crippen LogP contribution in [0.5, 0.6) is 0 Å². The quantitative estimate of drug-likeness (QED) is 0.579. The molecule has 0 aliphatic carbocycles. The molecule has 0 unspecified atom stereocenters. The van der Waals surface area contributed by atoms with Gasteiger partial charge in [0.25, 0.3) is 0 Å². The molecule has 0 aliphatic heterocycles. The summed E-state index contributed by atoms with van der Waals surface area (Å²) in [5.74, 6) is 0. The Bertz CT molecular complexity index is 316. The van der Waals surface area contributed by atoms with Crippen molar-refractivity contribution in [1.29, 1.82) is 0 Å². The van der Waals surface area contributed by atoms with Crippen LogP contribution < -0.4 is 10.9 Å². The number of rotatable bonds is 2. The Morgan fingerprint density at radius 1 is 0.769 bits per heavy atom. The van der Waals surface area contributed by atoms with Crippen molar-refractivity contribution in [1.82, 2.24) is 0 Å². The molecule has 0 aliphatic rings. The van der Waals surface area contributed by atoms with Gasteiger partial charge in [0.05, 0.1) is 0 Å². The van der Waals surface area contributed by atoms with E-state index < -0.39 is 0 Å². The van der Waals surface area contributed by atoms with Gasteiger partial charge in [-0.2, -0.15) is 0 Å². The summed E-state index contributed by atoms with van der Waals surface area (Å²) in [5, 5.41) is 0. The molecule has 1 heteroatoms. The van der Waals surface area contributed by atoms with Gasteiger partial charge in [-0.25, -0.2) is 0 Å². The first-order valence-electron chi connectivity index (χ1n) is 4.44. The summed E-state index contributed by atoms with van der Waals surface area (Å²) in [6, 6.07) is 21.6. The van der Waals surface area contributed by atoms with E-state index in [1.54, 1.807) is 0 Å². The third-order valence-corrected chi connectivity index (χ3v) is 2.04. The van der Waals surface area contributed by atoms with E-state index >= 15 is 0 Å². The molecule has 0 fully saturated rings. The summed E-state index contributed by atoms with van der Waals surface area (Å²) in [7, 11) is 1.01. The highest BCUT2D eigenvalue weighted by Crippen LogP contribution is 1.83. The zero-order valence-corrected chi connectivity index (χ0v) is 7.40. The maximum atomic E-state index is 3.02. The summed E-state index contributed by atoms with van der Waals surface area (Å²) in [6.45, 7) is 0. The summed E-state index contributed by atoms with van der Waals surface area (Å²) in [5.41, 5.74) is 2.69. The Morgan fingerprint density at radius 2 is 1.38 bits per heavy atom. The van der Waals surface area contributed by atoms with Gasteiger partial charge < -0.3 is 0 Å². The van der Waals surface area contributed by atoms with Crippen LogP contribution in [-0.2, 0) is 0 Å². The average Bonchev–Trinajstić information content (AvgIpc) is 2.21. The Labute approximate surface area is 79.5 Å². The summed E-state index contributed by atoms with van der Waals surface area (Å²) < 4.78 is 0. The average molecular weight is 165 g/mol. The van der Waals surface area contributed by atoms with Crippen LogP contribution in [0.1, 0.15) is 0 Å². The molecule has 0 bridgehead atoms. The van der Waals surface area contributed by atoms with Crippen LogP contribution in [0.25, 0.3) is 0 Å². The highest BCUT2D eigenvalue weighted by molar-refractivity contribution is 6.67. The van der Waals surface area contributed by atoms with Gasteiger partial charge >= 0.3 is 0 Å². The molecule has 0 saturated carbocycles. The highest BCUT2D eigenvalue weighted by Gasteiger charge is 1.95. The SMILES string of the molecule is B(c1cc[c]cc1)c1ccccc1. The molecular formula is C12H10B. The molecule has 0 spiro atoms. The second-order valence-corrected chi connectivity index (χ2v) is 3.07. The highest BCUT2D eigenvalue weighted by atomic mass is 13.8. The molecular weight excluding hydrogens is 155 g/mol. The Morgan fingerprint density at radius 3 is 2.08 bits per heavy atom. The molecule has 61 valence electrons. The van der Waals surface area contributed by atoms with Crippen LogP contribution in [0.4, 0.5) is 0 Å². The second kappa shape index (κ2) is 3.95. The summed E-state index contributed by atoms with van der Waals surface area (Å²) >= 11 is 0. The minimum atomic E-state index is 1.01. The van der Waals surface area contributed by atoms with Crippen LogP contribution in [0, 0.1) is 6.07 Å². The Balaban J connectivity index is 2.16. The predicted octanol–water partition coefficient (Wildman–Crippen LogP) is 0.874. The molecule has 0 N–H and O–H groups in total. The van der Waals surface area contributed by atoms with Crippen molar-refractivity contribution in [2.24, 2.45) is 0 Å². The van der Waals surface area contributed by atoms with Crippen LogP contribution >= 0.6 is 0 Å². The van der Waals surface area contributed by atoms with E-state index in [0.29, 0.717) is 0 Å². The second-order valence-electron chi connectivity index (χ2n) is 3.07. The van der Waals surface area contributed by atoms with E-state index in [0.717, 1.165) is 7.28 Å². The third-order valence-electron chi connectivity index (χ3n) is 2.04. The fourth-order valence-electron chi connectivity index (χ4n) is 1.37. The van der Waals surface area contributed by atoms with E-state index in [1.165, 1.54) is 10.9 Å². The van der Waals surface area contributed by atoms with Crippen molar-refractivity contribution in [2.45, 2.75) is 0 Å². The lowest BCUT2D eigenvalue weighted by Gasteiger charge is -1.98. The molecule has 2 aromatic rings. The Kier molecular flexibility index (Phi) is 2.47. The van der Waals surface area contributed by atoms with Crippen molar-refractivity contribution in [3.8, 4) is 0 Å². The number of hydrogen-bond acceptors (Lipinski definition) is 0. The van der Waals surface area contributed by atoms with Gasteiger partial charge in [-0.05, 0) is 6.07 Å². The van der Waals surface area contributed by atoms with E-state index in [2.05, 4.69) is 42.5 Å². The molecule has 0 atom stereocenters. The predicted molar refractivity (Wildman–Crippen MR) is 58.1 cm³/mol. The Hall–Kier alpha value is -1.50. The molecule has 13 heavy (non-hydrogen) atoms. The molecule has 0 nitrogen and oxygen atoms in total. The van der Waals surface area contributed by atoms with Gasteiger partial charge in [-0.3, -0.25) is 0 Å². The minimum Gasteiger partial charge on any atom is -0.0786 e. The molecule has 2 aromatic carbocycles. The fourth-order valence-corrected chi connectivity index (χ4v) is 1.37. The first-order valence-corrected chi connectivity index (χ1v) is 4.44. The van der Waals surface area contributed by atoms with Crippen LogP contribution in [-0.4, -0.2) is 7.28 Å². The number of hydrogen-bond donors (Lipinski definition) is 0. The van der Waals surface area contributed by atoms with E-state index in [4.69, 9.17) is 0 Å². The monoisotopic (exact) mass is 165 g/mol. The molecule has 0 amide bonds. The zero-order valence-electron chi connectivity index (χ0n) is 7.40. The van der Waals surface area contributed by atoms with Crippen molar-refractivity contribution in [3.05, 3.63) is 60.7 Å². The maximum absolute atomic E-state index is 3.02. The fraction of sp³-hybridized carbons (Fsp3) is 0. The van der Waals surface area contributed by atoms with Crippen LogP contribution in [0.3, 0.4) is 0 Å². The largest absolute Gasteiger partial charge is 0.192 e. The normalized spacial score (nSPS) is 9.54. The van der Waals surface area contributed by atoms with E-state index in [1.807, 2.05) is 18.2 Å². The van der Waals surface area contributed by atoms with Crippen molar-refractivity contribution >= 4 is 18.2 Å². The van der Waals surface area contributed by atoms with Gasteiger partial charge in [0.2, 0.25) is 0 Å². The van der Waals surface area contributed by atoms with Gasteiger partial charge in [0.15, 0.2) is 7.28 Å². The lowest BCUT2D eigenvalue weighted by molar-refractivity contribution is 1.73. The standard InChI is InChI=1S/C12H10B/c1-3-7-11(8-4-1)13-12-9-5-2-6-10-12/h1,3-10,13H. The number of benzene rings is 2. The zero-order chi connectivity index (χ0) is 8.93. The molecule has 0 aromatic heterocycles. The first kappa shape index (κ1) is 8.12. The van der Waals surface area contributed by atoms with Crippen molar-refractivity contribution in [2.75, 3.05) is 0 Å². The van der Waals surface area contributed by atoms with Gasteiger partial charge in [-0.15, -0.1) is 0 Å². The molecule has 0 heterocycles. The van der Waals surface area contributed by atoms with Crippen molar-refractivity contribution in [3.63, 3.8) is 0 Å². The van der Waals surface area contributed by atoms with Crippen LogP contribution in [0.15, 0.2) is 54.6 Å². The minimum absolute atomic E-state index is 1.01. The van der Waals surface area contributed by atoms with Gasteiger partial charge in [-0.1, -0.05) is 65.5 Å². The smallest absolute Gasteiger partial charge is 0.0786 e. The summed E-state index contributed by atoms with van der Waals surface area (Å²) in [6.07, 6.45) is 0. The van der Waals surface area contributed by atoms with E-state index in [-0.39, 0.29) is 0 Å². The maximum Gasteiger partial charge on any atom is 0.192 e. The topological polar surface area (TPSA) is 0 Å². The lowest BCUT2D eigenvalue weighted by Crippen LogP contribution is -2.26. The first-order chi connectivity index (χ1) is 6.45. The lowest BCUT2D eigenvalue weighted by atomic mass is 9.64.